The zero-order valence-corrected chi connectivity index (χ0v) is 19.0. The van der Waals surface area contributed by atoms with E-state index in [0.29, 0.717) is 0 Å². The summed E-state index contributed by atoms with van der Waals surface area (Å²) in [6, 6.07) is 17.5. The summed E-state index contributed by atoms with van der Waals surface area (Å²) < 4.78 is 25.0. The number of anilines is 1. The largest absolute Gasteiger partial charge is 0.495 e. The fourth-order valence-electron chi connectivity index (χ4n) is 4.63. The average molecular weight is 444 g/mol. The summed E-state index contributed by atoms with van der Waals surface area (Å²) in [7, 11) is 1.68. The Morgan fingerprint density at radius 2 is 1.61 bits per heavy atom. The predicted molar refractivity (Wildman–Crippen MR) is 129 cm³/mol. The monoisotopic (exact) mass is 443 g/mol. The van der Waals surface area contributed by atoms with E-state index >= 15 is 0 Å². The fourth-order valence-corrected chi connectivity index (χ4v) is 4.63. The van der Waals surface area contributed by atoms with Crippen LogP contribution in [-0.2, 0) is 4.74 Å². The van der Waals surface area contributed by atoms with E-state index in [9.17, 15) is 4.39 Å². The standard InChI is InChI=1S/C27H26FN3O2/c1-17-15-31(16-18(2)33-17)21-10-7-19(8-11-21)24-14-30-26-22(20-9-12-25(28)29-13-20)5-4-6-23(26)27(24)32-3/h4-14,17-18H,15-16H2,1-3H3/t17-,18?/m1/s1. The van der Waals surface area contributed by atoms with E-state index < -0.39 is 5.95 Å². The Bertz CT molecular complexity index is 1270. The van der Waals surface area contributed by atoms with Crippen molar-refractivity contribution in [3.05, 3.63) is 72.9 Å². The van der Waals surface area contributed by atoms with Gasteiger partial charge in [-0.15, -0.1) is 0 Å². The Kier molecular flexibility index (Phi) is 5.68. The molecule has 0 aliphatic carbocycles. The third-order valence-electron chi connectivity index (χ3n) is 6.05. The molecule has 1 aliphatic rings. The summed E-state index contributed by atoms with van der Waals surface area (Å²) in [5, 5.41) is 0.900. The first-order valence-electron chi connectivity index (χ1n) is 11.1. The quantitative estimate of drug-likeness (QED) is 0.377. The minimum Gasteiger partial charge on any atom is -0.495 e. The number of methoxy groups -OCH3 is 1. The van der Waals surface area contributed by atoms with Gasteiger partial charge < -0.3 is 14.4 Å². The number of nitrogens with zero attached hydrogens (tertiary/aromatic N) is 3. The molecule has 2 atom stereocenters. The molecule has 6 heteroatoms. The second-order valence-electron chi connectivity index (χ2n) is 8.49. The first-order chi connectivity index (χ1) is 16.0. The number of para-hydroxylation sites is 1. The first-order valence-corrected chi connectivity index (χ1v) is 11.1. The molecule has 2 aromatic heterocycles. The SMILES string of the molecule is COc1c(-c2ccc(N3CC(C)O[C@H](C)C3)cc2)cnc2c(-c3ccc(F)nc3)cccc12. The van der Waals surface area contributed by atoms with E-state index in [0.717, 1.165) is 52.0 Å². The van der Waals surface area contributed by atoms with Crippen LogP contribution in [0.2, 0.25) is 0 Å². The molecule has 1 fully saturated rings. The number of halogens is 1. The number of hydrogen-bond donors (Lipinski definition) is 0. The van der Waals surface area contributed by atoms with Crippen LogP contribution < -0.4 is 9.64 Å². The van der Waals surface area contributed by atoms with Gasteiger partial charge in [0.2, 0.25) is 5.95 Å². The van der Waals surface area contributed by atoms with Gasteiger partial charge >= 0.3 is 0 Å². The minimum atomic E-state index is -0.503. The minimum absolute atomic E-state index is 0.212. The zero-order valence-electron chi connectivity index (χ0n) is 19.0. The Morgan fingerprint density at radius 1 is 0.879 bits per heavy atom. The third-order valence-corrected chi connectivity index (χ3v) is 6.05. The number of rotatable bonds is 4. The van der Waals surface area contributed by atoms with Crippen molar-refractivity contribution in [1.29, 1.82) is 0 Å². The summed E-state index contributed by atoms with van der Waals surface area (Å²) in [4.78, 5) is 10.9. The smallest absolute Gasteiger partial charge is 0.212 e. The molecule has 1 aliphatic heterocycles. The number of morpholine rings is 1. The second kappa shape index (κ2) is 8.79. The number of benzene rings is 2. The normalized spacial score (nSPS) is 18.5. The highest BCUT2D eigenvalue weighted by Gasteiger charge is 2.22. The summed E-state index contributed by atoms with van der Waals surface area (Å²) >= 11 is 0. The fraction of sp³-hybridized carbons (Fsp3) is 0.259. The van der Waals surface area contributed by atoms with Crippen LogP contribution in [-0.4, -0.2) is 42.4 Å². The molecule has 3 heterocycles. The molecule has 5 rings (SSSR count). The average Bonchev–Trinajstić information content (AvgIpc) is 2.83. The molecular weight excluding hydrogens is 417 g/mol. The molecule has 33 heavy (non-hydrogen) atoms. The maximum absolute atomic E-state index is 13.3. The van der Waals surface area contributed by atoms with Crippen LogP contribution >= 0.6 is 0 Å². The van der Waals surface area contributed by atoms with Crippen LogP contribution in [0.1, 0.15) is 13.8 Å². The molecule has 1 saturated heterocycles. The molecular formula is C27H26FN3O2. The molecule has 0 amide bonds. The van der Waals surface area contributed by atoms with Crippen molar-refractivity contribution in [3.63, 3.8) is 0 Å². The third kappa shape index (κ3) is 4.14. The molecule has 168 valence electrons. The highest BCUT2D eigenvalue weighted by atomic mass is 19.1. The maximum Gasteiger partial charge on any atom is 0.212 e. The number of aromatic nitrogens is 2. The van der Waals surface area contributed by atoms with Gasteiger partial charge in [-0.25, -0.2) is 4.98 Å². The highest BCUT2D eigenvalue weighted by Crippen LogP contribution is 2.39. The van der Waals surface area contributed by atoms with Gasteiger partial charge in [0.05, 0.1) is 24.8 Å². The second-order valence-corrected chi connectivity index (χ2v) is 8.49. The van der Waals surface area contributed by atoms with Crippen molar-refractivity contribution in [2.75, 3.05) is 25.1 Å². The molecule has 2 aromatic carbocycles. The van der Waals surface area contributed by atoms with Gasteiger partial charge in [-0.05, 0) is 49.7 Å². The van der Waals surface area contributed by atoms with Crippen molar-refractivity contribution >= 4 is 16.6 Å². The van der Waals surface area contributed by atoms with Crippen LogP contribution in [0.15, 0.2) is 67.0 Å². The van der Waals surface area contributed by atoms with E-state index in [1.165, 1.54) is 18.0 Å². The molecule has 0 N–H and O–H groups in total. The van der Waals surface area contributed by atoms with Crippen LogP contribution in [0.4, 0.5) is 10.1 Å². The van der Waals surface area contributed by atoms with E-state index in [1.807, 2.05) is 24.4 Å². The van der Waals surface area contributed by atoms with Gasteiger partial charge in [-0.3, -0.25) is 4.98 Å². The van der Waals surface area contributed by atoms with Gasteiger partial charge in [0, 0.05) is 53.2 Å². The summed E-state index contributed by atoms with van der Waals surface area (Å²) in [6.07, 6.45) is 3.79. The van der Waals surface area contributed by atoms with Crippen LogP contribution in [0, 0.1) is 5.95 Å². The van der Waals surface area contributed by atoms with Gasteiger partial charge in [-0.2, -0.15) is 4.39 Å². The molecule has 0 bridgehead atoms. The highest BCUT2D eigenvalue weighted by molar-refractivity contribution is 6.00. The molecule has 0 saturated carbocycles. The van der Waals surface area contributed by atoms with Crippen molar-refractivity contribution < 1.29 is 13.9 Å². The van der Waals surface area contributed by atoms with Gasteiger partial charge in [0.15, 0.2) is 0 Å². The number of hydrogen-bond acceptors (Lipinski definition) is 5. The summed E-state index contributed by atoms with van der Waals surface area (Å²) in [6.45, 7) is 5.98. The Hall–Kier alpha value is -3.51. The number of pyridine rings is 2. The van der Waals surface area contributed by atoms with E-state index in [-0.39, 0.29) is 12.2 Å². The lowest BCUT2D eigenvalue weighted by Gasteiger charge is -2.36. The molecule has 1 unspecified atom stereocenters. The topological polar surface area (TPSA) is 47.5 Å². The molecule has 5 nitrogen and oxygen atoms in total. The van der Waals surface area contributed by atoms with E-state index in [1.54, 1.807) is 13.2 Å². The molecule has 0 spiro atoms. The lowest BCUT2D eigenvalue weighted by Crippen LogP contribution is -2.45. The Balaban J connectivity index is 1.53. The van der Waals surface area contributed by atoms with Crippen LogP contribution in [0.3, 0.4) is 0 Å². The number of fused-ring (bicyclic) bond motifs is 1. The van der Waals surface area contributed by atoms with Crippen molar-refractivity contribution in [1.82, 2.24) is 9.97 Å². The lowest BCUT2D eigenvalue weighted by molar-refractivity contribution is -0.00521. The van der Waals surface area contributed by atoms with Crippen LogP contribution in [0.5, 0.6) is 5.75 Å². The zero-order chi connectivity index (χ0) is 22.9. The lowest BCUT2D eigenvalue weighted by atomic mass is 9.99. The van der Waals surface area contributed by atoms with Crippen LogP contribution in [0.25, 0.3) is 33.2 Å². The molecule has 4 aromatic rings. The van der Waals surface area contributed by atoms with E-state index in [2.05, 4.69) is 48.0 Å². The Morgan fingerprint density at radius 3 is 2.27 bits per heavy atom. The van der Waals surface area contributed by atoms with Gasteiger partial charge in [-0.1, -0.05) is 24.3 Å². The molecule has 0 radical (unpaired) electrons. The number of ether oxygens (including phenoxy) is 2. The van der Waals surface area contributed by atoms with Crippen molar-refractivity contribution in [2.24, 2.45) is 0 Å². The summed E-state index contributed by atoms with van der Waals surface area (Å²) in [5.74, 6) is 0.259. The van der Waals surface area contributed by atoms with E-state index in [4.69, 9.17) is 14.5 Å². The van der Waals surface area contributed by atoms with Gasteiger partial charge in [0.25, 0.3) is 0 Å². The van der Waals surface area contributed by atoms with Crippen molar-refractivity contribution in [2.45, 2.75) is 26.1 Å². The summed E-state index contributed by atoms with van der Waals surface area (Å²) in [5.41, 5.74) is 5.63. The van der Waals surface area contributed by atoms with Crippen molar-refractivity contribution in [3.8, 4) is 28.0 Å². The first kappa shape index (κ1) is 21.3. The maximum atomic E-state index is 13.3. The predicted octanol–water partition coefficient (Wildman–Crippen LogP) is 5.73. The Labute approximate surface area is 192 Å². The van der Waals surface area contributed by atoms with Gasteiger partial charge in [0.1, 0.15) is 5.75 Å².